The van der Waals surface area contributed by atoms with Crippen LogP contribution < -0.4 is 9.47 Å². The van der Waals surface area contributed by atoms with Gasteiger partial charge in [0.25, 0.3) is 0 Å². The molecule has 2 atom stereocenters. The first-order valence-electron chi connectivity index (χ1n) is 6.50. The molecule has 1 aromatic heterocycles. The van der Waals surface area contributed by atoms with Gasteiger partial charge in [-0.05, 0) is 35.2 Å². The van der Waals surface area contributed by atoms with Crippen LogP contribution in [0.4, 0.5) is 0 Å². The van der Waals surface area contributed by atoms with Crippen LogP contribution in [0.2, 0.25) is 0 Å². The predicted molar refractivity (Wildman–Crippen MR) is 73.9 cm³/mol. The van der Waals surface area contributed by atoms with Crippen LogP contribution in [0.15, 0.2) is 42.7 Å². The zero-order valence-corrected chi connectivity index (χ0v) is 11.2. The van der Waals surface area contributed by atoms with Gasteiger partial charge in [0.15, 0.2) is 0 Å². The number of methoxy groups -OCH3 is 1. The van der Waals surface area contributed by atoms with E-state index in [4.69, 9.17) is 9.47 Å². The lowest BCUT2D eigenvalue weighted by atomic mass is 9.81. The van der Waals surface area contributed by atoms with E-state index in [2.05, 4.69) is 30.1 Å². The van der Waals surface area contributed by atoms with Crippen molar-refractivity contribution in [1.82, 2.24) is 4.98 Å². The molecule has 19 heavy (non-hydrogen) atoms. The van der Waals surface area contributed by atoms with E-state index in [0.29, 0.717) is 18.4 Å². The summed E-state index contributed by atoms with van der Waals surface area (Å²) < 4.78 is 11.1. The topological polar surface area (TPSA) is 31.4 Å². The van der Waals surface area contributed by atoms with E-state index in [1.807, 2.05) is 24.5 Å². The van der Waals surface area contributed by atoms with Crippen LogP contribution in [0.5, 0.6) is 11.5 Å². The first-order valence-corrected chi connectivity index (χ1v) is 6.50. The van der Waals surface area contributed by atoms with Gasteiger partial charge < -0.3 is 9.47 Å². The third-order valence-electron chi connectivity index (χ3n) is 3.87. The van der Waals surface area contributed by atoms with Crippen LogP contribution in [0.25, 0.3) is 0 Å². The van der Waals surface area contributed by atoms with Crippen molar-refractivity contribution in [2.24, 2.45) is 0 Å². The van der Waals surface area contributed by atoms with Gasteiger partial charge in [-0.2, -0.15) is 0 Å². The van der Waals surface area contributed by atoms with Crippen LogP contribution in [0.3, 0.4) is 0 Å². The molecule has 0 aliphatic carbocycles. The summed E-state index contributed by atoms with van der Waals surface area (Å²) >= 11 is 0. The van der Waals surface area contributed by atoms with E-state index in [-0.39, 0.29) is 0 Å². The van der Waals surface area contributed by atoms with E-state index >= 15 is 0 Å². The summed E-state index contributed by atoms with van der Waals surface area (Å²) in [7, 11) is 1.67. The molecule has 0 radical (unpaired) electrons. The van der Waals surface area contributed by atoms with Crippen molar-refractivity contribution in [3.8, 4) is 11.5 Å². The summed E-state index contributed by atoms with van der Waals surface area (Å²) in [5, 5.41) is 0. The molecule has 0 amide bonds. The summed E-state index contributed by atoms with van der Waals surface area (Å²) in [6, 6.07) is 10.2. The minimum Gasteiger partial charge on any atom is -0.497 e. The second-order valence-corrected chi connectivity index (χ2v) is 4.89. The number of rotatable bonds is 2. The summed E-state index contributed by atoms with van der Waals surface area (Å²) in [6.45, 7) is 2.95. The standard InChI is InChI=1S/C16H17NO2/c1-11-14-4-3-13(18-2)9-16(14)19-10-15(11)12-5-7-17-8-6-12/h3-9,11,15H,10H2,1-2H3. The third kappa shape index (κ3) is 2.16. The molecule has 1 aromatic carbocycles. The molecule has 0 fully saturated rings. The van der Waals surface area contributed by atoms with Crippen LogP contribution in [-0.4, -0.2) is 18.7 Å². The average Bonchev–Trinajstić information content (AvgIpc) is 2.48. The molecular formula is C16H17NO2. The maximum Gasteiger partial charge on any atom is 0.126 e. The number of hydrogen-bond acceptors (Lipinski definition) is 3. The Hall–Kier alpha value is -2.03. The van der Waals surface area contributed by atoms with Crippen LogP contribution in [0, 0.1) is 0 Å². The van der Waals surface area contributed by atoms with Crippen molar-refractivity contribution in [2.45, 2.75) is 18.8 Å². The molecule has 0 bridgehead atoms. The fraction of sp³-hybridized carbons (Fsp3) is 0.312. The van der Waals surface area contributed by atoms with Crippen LogP contribution >= 0.6 is 0 Å². The van der Waals surface area contributed by atoms with Gasteiger partial charge in [0.2, 0.25) is 0 Å². The number of ether oxygens (including phenoxy) is 2. The highest BCUT2D eigenvalue weighted by molar-refractivity contribution is 5.45. The highest BCUT2D eigenvalue weighted by Gasteiger charge is 2.28. The number of pyridine rings is 1. The lowest BCUT2D eigenvalue weighted by molar-refractivity contribution is 0.242. The molecule has 0 saturated carbocycles. The monoisotopic (exact) mass is 255 g/mol. The zero-order valence-electron chi connectivity index (χ0n) is 11.2. The van der Waals surface area contributed by atoms with E-state index in [0.717, 1.165) is 11.5 Å². The van der Waals surface area contributed by atoms with Gasteiger partial charge in [-0.15, -0.1) is 0 Å². The highest BCUT2D eigenvalue weighted by Crippen LogP contribution is 2.42. The minimum absolute atomic E-state index is 0.379. The molecule has 2 aromatic rings. The molecule has 2 heterocycles. The van der Waals surface area contributed by atoms with Crippen molar-refractivity contribution in [2.75, 3.05) is 13.7 Å². The molecule has 98 valence electrons. The number of aromatic nitrogens is 1. The second kappa shape index (κ2) is 4.92. The Morgan fingerprint density at radius 2 is 2.00 bits per heavy atom. The smallest absolute Gasteiger partial charge is 0.126 e. The SMILES string of the molecule is COc1ccc2c(c1)OCC(c1ccncc1)C2C. The van der Waals surface area contributed by atoms with Gasteiger partial charge in [-0.25, -0.2) is 0 Å². The summed E-state index contributed by atoms with van der Waals surface area (Å²) in [5.41, 5.74) is 2.53. The van der Waals surface area contributed by atoms with Gasteiger partial charge in [0, 0.05) is 24.4 Å². The second-order valence-electron chi connectivity index (χ2n) is 4.89. The molecule has 1 aliphatic rings. The fourth-order valence-corrected chi connectivity index (χ4v) is 2.68. The normalized spacial score (nSPS) is 21.4. The van der Waals surface area contributed by atoms with Crippen molar-refractivity contribution in [3.63, 3.8) is 0 Å². The Morgan fingerprint density at radius 3 is 2.74 bits per heavy atom. The molecule has 2 unspecified atom stereocenters. The summed E-state index contributed by atoms with van der Waals surface area (Å²) in [6.07, 6.45) is 3.68. The Bertz CT molecular complexity index is 568. The Morgan fingerprint density at radius 1 is 1.21 bits per heavy atom. The molecule has 3 nitrogen and oxygen atoms in total. The Kier molecular flexibility index (Phi) is 3.11. The quantitative estimate of drug-likeness (QED) is 0.824. The largest absolute Gasteiger partial charge is 0.497 e. The van der Waals surface area contributed by atoms with Gasteiger partial charge in [-0.1, -0.05) is 13.0 Å². The number of nitrogens with zero attached hydrogens (tertiary/aromatic N) is 1. The zero-order chi connectivity index (χ0) is 13.2. The van der Waals surface area contributed by atoms with E-state index < -0.39 is 0 Å². The number of fused-ring (bicyclic) bond motifs is 1. The molecule has 0 spiro atoms. The third-order valence-corrected chi connectivity index (χ3v) is 3.87. The van der Waals surface area contributed by atoms with Crippen molar-refractivity contribution < 1.29 is 9.47 Å². The molecule has 1 aliphatic heterocycles. The Labute approximate surface area is 113 Å². The molecular weight excluding hydrogens is 238 g/mol. The maximum absolute atomic E-state index is 5.90. The predicted octanol–water partition coefficient (Wildman–Crippen LogP) is 3.37. The van der Waals surface area contributed by atoms with E-state index in [9.17, 15) is 0 Å². The number of benzene rings is 1. The highest BCUT2D eigenvalue weighted by atomic mass is 16.5. The molecule has 3 heteroatoms. The first-order chi connectivity index (χ1) is 9.29. The number of hydrogen-bond donors (Lipinski definition) is 0. The van der Waals surface area contributed by atoms with Gasteiger partial charge in [-0.3, -0.25) is 4.98 Å². The van der Waals surface area contributed by atoms with Crippen LogP contribution in [-0.2, 0) is 0 Å². The van der Waals surface area contributed by atoms with Crippen LogP contribution in [0.1, 0.15) is 29.9 Å². The summed E-state index contributed by atoms with van der Waals surface area (Å²) in [4.78, 5) is 4.07. The molecule has 0 N–H and O–H groups in total. The van der Waals surface area contributed by atoms with Gasteiger partial charge in [0.1, 0.15) is 11.5 Å². The van der Waals surface area contributed by atoms with Gasteiger partial charge in [0.05, 0.1) is 13.7 Å². The van der Waals surface area contributed by atoms with Crippen molar-refractivity contribution in [3.05, 3.63) is 53.9 Å². The van der Waals surface area contributed by atoms with E-state index in [1.54, 1.807) is 7.11 Å². The molecule has 3 rings (SSSR count). The molecule has 0 saturated heterocycles. The van der Waals surface area contributed by atoms with E-state index in [1.165, 1.54) is 11.1 Å². The lowest BCUT2D eigenvalue weighted by Gasteiger charge is -2.31. The maximum atomic E-state index is 5.90. The fourth-order valence-electron chi connectivity index (χ4n) is 2.68. The Balaban J connectivity index is 1.94. The summed E-state index contributed by atoms with van der Waals surface area (Å²) in [5.74, 6) is 2.59. The average molecular weight is 255 g/mol. The first kappa shape index (κ1) is 12.0. The van der Waals surface area contributed by atoms with Crippen molar-refractivity contribution in [1.29, 1.82) is 0 Å². The van der Waals surface area contributed by atoms with Crippen molar-refractivity contribution >= 4 is 0 Å². The minimum atomic E-state index is 0.379. The van der Waals surface area contributed by atoms with Gasteiger partial charge >= 0.3 is 0 Å². The lowest BCUT2D eigenvalue weighted by Crippen LogP contribution is -2.22.